The lowest BCUT2D eigenvalue weighted by Gasteiger charge is -2.27. The minimum atomic E-state index is -0.274. The van der Waals surface area contributed by atoms with Crippen LogP contribution in [0.25, 0.3) is 0 Å². The fourth-order valence-corrected chi connectivity index (χ4v) is 2.86. The van der Waals surface area contributed by atoms with Crippen LogP contribution in [0.4, 0.5) is 11.4 Å². The number of carbonyl (C=O) groups excluding carboxylic acids is 1. The van der Waals surface area contributed by atoms with Gasteiger partial charge in [0.25, 0.3) is 5.91 Å². The second-order valence-corrected chi connectivity index (χ2v) is 9.01. The summed E-state index contributed by atoms with van der Waals surface area (Å²) in [6, 6.07) is 11.3. The van der Waals surface area contributed by atoms with E-state index in [1.807, 2.05) is 6.07 Å². The summed E-state index contributed by atoms with van der Waals surface area (Å²) in [4.78, 5) is 12.4. The Bertz CT molecular complexity index is 846. The molecule has 0 heterocycles. The molecule has 0 saturated carbocycles. The van der Waals surface area contributed by atoms with Crippen LogP contribution in [0.15, 0.2) is 36.4 Å². The van der Waals surface area contributed by atoms with E-state index in [2.05, 4.69) is 59.0 Å². The molecule has 5 nitrogen and oxygen atoms in total. The first-order valence-corrected chi connectivity index (χ1v) is 9.43. The molecule has 2 aromatic rings. The number of rotatable bonds is 5. The van der Waals surface area contributed by atoms with E-state index in [0.29, 0.717) is 17.1 Å². The number of ether oxygens (including phenoxy) is 2. The summed E-state index contributed by atoms with van der Waals surface area (Å²) in [5, 5.41) is 2.80. The number of hydrogen-bond acceptors (Lipinski definition) is 4. The number of carbonyl (C=O) groups is 1. The van der Waals surface area contributed by atoms with Crippen molar-refractivity contribution in [1.82, 2.24) is 0 Å². The topological polar surface area (TPSA) is 73.6 Å². The summed E-state index contributed by atoms with van der Waals surface area (Å²) in [5.41, 5.74) is 9.12. The molecule has 2 rings (SSSR count). The third-order valence-electron chi connectivity index (χ3n) is 4.51. The molecular weight excluding hydrogens is 352 g/mol. The molecule has 28 heavy (non-hydrogen) atoms. The van der Waals surface area contributed by atoms with Gasteiger partial charge < -0.3 is 20.5 Å². The van der Waals surface area contributed by atoms with E-state index in [9.17, 15) is 4.79 Å². The zero-order chi connectivity index (χ0) is 21.1. The fraction of sp³-hybridized carbons (Fsp3) is 0.435. The molecule has 0 radical (unpaired) electrons. The quantitative estimate of drug-likeness (QED) is 0.720. The lowest BCUT2D eigenvalue weighted by molar-refractivity contribution is -0.118. The SMILES string of the molecule is COc1ccc(N)cc1NC(=O)COc1ccc(C(C)(C)C)cc1C(C)(C)C. The molecule has 3 N–H and O–H groups in total. The van der Waals surface area contributed by atoms with Gasteiger partial charge in [0.2, 0.25) is 0 Å². The molecule has 0 saturated heterocycles. The van der Waals surface area contributed by atoms with Gasteiger partial charge in [-0.3, -0.25) is 4.79 Å². The Kier molecular flexibility index (Phi) is 6.27. The minimum Gasteiger partial charge on any atom is -0.495 e. The highest BCUT2D eigenvalue weighted by molar-refractivity contribution is 5.94. The molecule has 0 aliphatic heterocycles. The van der Waals surface area contributed by atoms with Gasteiger partial charge in [-0.25, -0.2) is 0 Å². The van der Waals surface area contributed by atoms with Crippen LogP contribution < -0.4 is 20.5 Å². The highest BCUT2D eigenvalue weighted by Crippen LogP contribution is 2.35. The van der Waals surface area contributed by atoms with Crippen molar-refractivity contribution in [3.8, 4) is 11.5 Å². The van der Waals surface area contributed by atoms with E-state index in [1.54, 1.807) is 25.3 Å². The Morgan fingerprint density at radius 1 is 0.964 bits per heavy atom. The van der Waals surface area contributed by atoms with Crippen LogP contribution in [0.5, 0.6) is 11.5 Å². The third-order valence-corrected chi connectivity index (χ3v) is 4.51. The molecule has 0 aliphatic rings. The Morgan fingerprint density at radius 3 is 2.18 bits per heavy atom. The van der Waals surface area contributed by atoms with Crippen molar-refractivity contribution in [2.24, 2.45) is 0 Å². The molecule has 1 amide bonds. The number of anilines is 2. The van der Waals surface area contributed by atoms with Crippen molar-refractivity contribution >= 4 is 17.3 Å². The van der Waals surface area contributed by atoms with Gasteiger partial charge in [-0.05, 0) is 46.2 Å². The van der Waals surface area contributed by atoms with E-state index in [1.165, 1.54) is 5.56 Å². The Morgan fingerprint density at radius 2 is 1.61 bits per heavy atom. The normalized spacial score (nSPS) is 11.8. The van der Waals surface area contributed by atoms with Gasteiger partial charge in [-0.15, -0.1) is 0 Å². The molecule has 0 spiro atoms. The van der Waals surface area contributed by atoms with Gasteiger partial charge in [0, 0.05) is 5.69 Å². The predicted molar refractivity (Wildman–Crippen MR) is 115 cm³/mol. The summed E-state index contributed by atoms with van der Waals surface area (Å²) in [6.45, 7) is 12.9. The van der Waals surface area contributed by atoms with Crippen molar-refractivity contribution in [2.45, 2.75) is 52.4 Å². The van der Waals surface area contributed by atoms with Gasteiger partial charge in [-0.2, -0.15) is 0 Å². The predicted octanol–water partition coefficient (Wildman–Crippen LogP) is 4.89. The zero-order valence-electron chi connectivity index (χ0n) is 18.0. The molecule has 2 aromatic carbocycles. The number of benzene rings is 2. The van der Waals surface area contributed by atoms with Crippen LogP contribution in [0.3, 0.4) is 0 Å². The highest BCUT2D eigenvalue weighted by Gasteiger charge is 2.23. The molecular formula is C23H32N2O3. The van der Waals surface area contributed by atoms with Crippen LogP contribution in [-0.2, 0) is 15.6 Å². The minimum absolute atomic E-state index is 0.0414. The molecule has 0 fully saturated rings. The largest absolute Gasteiger partial charge is 0.495 e. The number of nitrogens with two attached hydrogens (primary N) is 1. The molecule has 0 aromatic heterocycles. The lowest BCUT2D eigenvalue weighted by atomic mass is 9.80. The summed E-state index contributed by atoms with van der Waals surface area (Å²) in [6.07, 6.45) is 0. The summed E-state index contributed by atoms with van der Waals surface area (Å²) >= 11 is 0. The van der Waals surface area contributed by atoms with Crippen molar-refractivity contribution in [3.05, 3.63) is 47.5 Å². The van der Waals surface area contributed by atoms with Crippen LogP contribution in [0, 0.1) is 0 Å². The van der Waals surface area contributed by atoms with Crippen molar-refractivity contribution in [2.75, 3.05) is 24.8 Å². The standard InChI is InChI=1S/C23H32N2O3/c1-22(2,3)15-8-10-19(17(12-15)23(4,5)6)28-14-21(26)25-18-13-16(24)9-11-20(18)27-7/h8-13H,14,24H2,1-7H3,(H,25,26). The first-order chi connectivity index (χ1) is 12.9. The first kappa shape index (κ1) is 21.6. The number of nitrogen functional groups attached to an aromatic ring is 1. The fourth-order valence-electron chi connectivity index (χ4n) is 2.86. The van der Waals surface area contributed by atoms with Gasteiger partial charge in [0.1, 0.15) is 11.5 Å². The lowest BCUT2D eigenvalue weighted by Crippen LogP contribution is -2.23. The second-order valence-electron chi connectivity index (χ2n) is 9.01. The van der Waals surface area contributed by atoms with Crippen LogP contribution in [-0.4, -0.2) is 19.6 Å². The molecule has 5 heteroatoms. The van der Waals surface area contributed by atoms with E-state index < -0.39 is 0 Å². The molecule has 0 aliphatic carbocycles. The van der Waals surface area contributed by atoms with Gasteiger partial charge in [-0.1, -0.05) is 53.7 Å². The van der Waals surface area contributed by atoms with Crippen LogP contribution in [0.1, 0.15) is 52.7 Å². The Hall–Kier alpha value is -2.69. The average molecular weight is 385 g/mol. The number of methoxy groups -OCH3 is 1. The summed E-state index contributed by atoms with van der Waals surface area (Å²) < 4.78 is 11.1. The first-order valence-electron chi connectivity index (χ1n) is 9.43. The van der Waals surface area contributed by atoms with E-state index in [4.69, 9.17) is 15.2 Å². The number of amides is 1. The maximum Gasteiger partial charge on any atom is 0.262 e. The molecule has 0 unspecified atom stereocenters. The maximum absolute atomic E-state index is 12.4. The Balaban J connectivity index is 2.18. The second kappa shape index (κ2) is 8.13. The van der Waals surface area contributed by atoms with Crippen molar-refractivity contribution in [1.29, 1.82) is 0 Å². The summed E-state index contributed by atoms with van der Waals surface area (Å²) in [5.74, 6) is 0.992. The van der Waals surface area contributed by atoms with Gasteiger partial charge in [0.05, 0.1) is 12.8 Å². The van der Waals surface area contributed by atoms with E-state index in [0.717, 1.165) is 11.3 Å². The van der Waals surface area contributed by atoms with Crippen molar-refractivity contribution < 1.29 is 14.3 Å². The molecule has 0 atom stereocenters. The molecule has 152 valence electrons. The van der Waals surface area contributed by atoms with Gasteiger partial charge >= 0.3 is 0 Å². The molecule has 0 bridgehead atoms. The van der Waals surface area contributed by atoms with Crippen molar-refractivity contribution in [3.63, 3.8) is 0 Å². The van der Waals surface area contributed by atoms with E-state index in [-0.39, 0.29) is 23.3 Å². The smallest absolute Gasteiger partial charge is 0.262 e. The zero-order valence-corrected chi connectivity index (χ0v) is 18.0. The van der Waals surface area contributed by atoms with Crippen LogP contribution in [0.2, 0.25) is 0 Å². The Labute approximate surface area is 168 Å². The van der Waals surface area contributed by atoms with Gasteiger partial charge in [0.15, 0.2) is 6.61 Å². The third kappa shape index (κ3) is 5.41. The maximum atomic E-state index is 12.4. The summed E-state index contributed by atoms with van der Waals surface area (Å²) in [7, 11) is 1.55. The van der Waals surface area contributed by atoms with Crippen LogP contribution >= 0.6 is 0 Å². The average Bonchev–Trinajstić information content (AvgIpc) is 2.58. The monoisotopic (exact) mass is 384 g/mol. The highest BCUT2D eigenvalue weighted by atomic mass is 16.5. The number of nitrogens with one attached hydrogen (secondary N) is 1. The number of hydrogen-bond donors (Lipinski definition) is 2. The van der Waals surface area contributed by atoms with E-state index >= 15 is 0 Å².